The molecule has 0 spiro atoms. The summed E-state index contributed by atoms with van der Waals surface area (Å²) >= 11 is 0. The van der Waals surface area contributed by atoms with Gasteiger partial charge in [0.05, 0.1) is 11.0 Å². The third kappa shape index (κ3) is 2.46. The molecule has 0 radical (unpaired) electrons. The number of para-hydroxylation sites is 2. The molecule has 5 nitrogen and oxygen atoms in total. The van der Waals surface area contributed by atoms with E-state index in [-0.39, 0.29) is 12.1 Å². The molecule has 0 aliphatic heterocycles. The highest BCUT2D eigenvalue weighted by molar-refractivity contribution is 5.79. The average Bonchev–Trinajstić information content (AvgIpc) is 2.42. The zero-order chi connectivity index (χ0) is 13.2. The number of rotatable bonds is 2. The van der Waals surface area contributed by atoms with Gasteiger partial charge in [0.25, 0.3) is 0 Å². The minimum atomic E-state index is 0.168. The molecule has 1 aromatic heterocycles. The Hall–Kier alpha value is -1.88. The molecule has 3 rings (SSSR count). The van der Waals surface area contributed by atoms with Gasteiger partial charge < -0.3 is 16.8 Å². The molecule has 19 heavy (non-hydrogen) atoms. The topological polar surface area (TPSA) is 89.8 Å². The number of nitrogen functional groups attached to an aromatic ring is 1. The van der Waals surface area contributed by atoms with Gasteiger partial charge in [-0.05, 0) is 25.0 Å². The molecule has 0 saturated heterocycles. The van der Waals surface area contributed by atoms with E-state index in [2.05, 4.69) is 15.3 Å². The molecule has 1 fully saturated rings. The summed E-state index contributed by atoms with van der Waals surface area (Å²) in [6, 6.07) is 8.14. The van der Waals surface area contributed by atoms with Crippen LogP contribution in [0.15, 0.2) is 24.3 Å². The van der Waals surface area contributed by atoms with Gasteiger partial charge in [-0.1, -0.05) is 25.0 Å². The molecular weight excluding hydrogens is 238 g/mol. The molecule has 2 aromatic rings. The van der Waals surface area contributed by atoms with Crippen LogP contribution in [-0.4, -0.2) is 22.1 Å². The zero-order valence-corrected chi connectivity index (χ0v) is 10.8. The minimum Gasteiger partial charge on any atom is -0.381 e. The fourth-order valence-electron chi connectivity index (χ4n) is 2.63. The molecule has 1 saturated carbocycles. The van der Waals surface area contributed by atoms with Gasteiger partial charge in [0, 0.05) is 12.1 Å². The monoisotopic (exact) mass is 257 g/mol. The maximum atomic E-state index is 6.14. The van der Waals surface area contributed by atoms with E-state index in [0.717, 1.165) is 23.9 Å². The van der Waals surface area contributed by atoms with Crippen LogP contribution < -0.4 is 16.8 Å². The van der Waals surface area contributed by atoms with Gasteiger partial charge in [0.1, 0.15) is 0 Å². The zero-order valence-electron chi connectivity index (χ0n) is 10.8. The fraction of sp³-hybridized carbons (Fsp3) is 0.429. The SMILES string of the molecule is Nc1nc2ccccc2nc1N[C@@H]1CCCC[C@@H]1N. The quantitative estimate of drug-likeness (QED) is 0.764. The van der Waals surface area contributed by atoms with Crippen molar-refractivity contribution in [2.75, 3.05) is 11.1 Å². The number of aromatic nitrogens is 2. The summed E-state index contributed by atoms with van der Waals surface area (Å²) in [6.45, 7) is 0. The Morgan fingerprint density at radius 1 is 1.05 bits per heavy atom. The van der Waals surface area contributed by atoms with Gasteiger partial charge in [-0.2, -0.15) is 0 Å². The van der Waals surface area contributed by atoms with Crippen LogP contribution >= 0.6 is 0 Å². The van der Waals surface area contributed by atoms with Crippen molar-refractivity contribution in [1.82, 2.24) is 9.97 Å². The van der Waals surface area contributed by atoms with E-state index < -0.39 is 0 Å². The summed E-state index contributed by atoms with van der Waals surface area (Å²) < 4.78 is 0. The van der Waals surface area contributed by atoms with Crippen molar-refractivity contribution in [2.45, 2.75) is 37.8 Å². The van der Waals surface area contributed by atoms with Crippen LogP contribution in [0.5, 0.6) is 0 Å². The minimum absolute atomic E-state index is 0.168. The first-order valence-corrected chi connectivity index (χ1v) is 6.78. The van der Waals surface area contributed by atoms with Crippen molar-refractivity contribution in [3.05, 3.63) is 24.3 Å². The van der Waals surface area contributed by atoms with Gasteiger partial charge in [-0.15, -0.1) is 0 Å². The molecule has 5 heteroatoms. The summed E-state index contributed by atoms with van der Waals surface area (Å²) in [6.07, 6.45) is 4.53. The van der Waals surface area contributed by atoms with Gasteiger partial charge in [0.15, 0.2) is 11.6 Å². The number of fused-ring (bicyclic) bond motifs is 1. The molecule has 0 bridgehead atoms. The molecule has 1 aliphatic carbocycles. The Kier molecular flexibility index (Phi) is 3.21. The van der Waals surface area contributed by atoms with E-state index in [0.29, 0.717) is 11.6 Å². The second-order valence-electron chi connectivity index (χ2n) is 5.15. The highest BCUT2D eigenvalue weighted by Gasteiger charge is 2.22. The third-order valence-corrected chi connectivity index (χ3v) is 3.74. The predicted octanol–water partition coefficient (Wildman–Crippen LogP) is 1.89. The summed E-state index contributed by atoms with van der Waals surface area (Å²) in [5.41, 5.74) is 13.8. The van der Waals surface area contributed by atoms with Crippen LogP contribution in [0.1, 0.15) is 25.7 Å². The third-order valence-electron chi connectivity index (χ3n) is 3.74. The van der Waals surface area contributed by atoms with E-state index in [9.17, 15) is 0 Å². The van der Waals surface area contributed by atoms with Crippen molar-refractivity contribution < 1.29 is 0 Å². The van der Waals surface area contributed by atoms with E-state index in [1.165, 1.54) is 12.8 Å². The molecule has 0 unspecified atom stereocenters. The molecule has 1 aromatic carbocycles. The Labute approximate surface area is 112 Å². The van der Waals surface area contributed by atoms with Crippen molar-refractivity contribution >= 4 is 22.7 Å². The number of nitrogens with one attached hydrogen (secondary N) is 1. The second kappa shape index (κ2) is 5.01. The number of benzene rings is 1. The van der Waals surface area contributed by atoms with Crippen molar-refractivity contribution in [3.63, 3.8) is 0 Å². The van der Waals surface area contributed by atoms with Crippen LogP contribution in [-0.2, 0) is 0 Å². The number of hydrogen-bond acceptors (Lipinski definition) is 5. The van der Waals surface area contributed by atoms with Gasteiger partial charge in [0.2, 0.25) is 0 Å². The number of nitrogens with two attached hydrogens (primary N) is 2. The Bertz CT molecular complexity index is 583. The Balaban J connectivity index is 1.89. The normalized spacial score (nSPS) is 23.4. The fourth-order valence-corrected chi connectivity index (χ4v) is 2.63. The van der Waals surface area contributed by atoms with Crippen molar-refractivity contribution in [3.8, 4) is 0 Å². The molecule has 1 heterocycles. The van der Waals surface area contributed by atoms with Crippen LogP contribution in [0.2, 0.25) is 0 Å². The first kappa shape index (κ1) is 12.2. The second-order valence-corrected chi connectivity index (χ2v) is 5.15. The Morgan fingerprint density at radius 2 is 1.74 bits per heavy atom. The lowest BCUT2D eigenvalue weighted by Gasteiger charge is -2.29. The highest BCUT2D eigenvalue weighted by Crippen LogP contribution is 2.24. The van der Waals surface area contributed by atoms with Crippen LogP contribution in [0.4, 0.5) is 11.6 Å². The van der Waals surface area contributed by atoms with Crippen molar-refractivity contribution in [1.29, 1.82) is 0 Å². The first-order valence-electron chi connectivity index (χ1n) is 6.78. The molecule has 1 aliphatic rings. The summed E-state index contributed by atoms with van der Waals surface area (Å²) in [4.78, 5) is 8.93. The van der Waals surface area contributed by atoms with E-state index in [1.807, 2.05) is 24.3 Å². The van der Waals surface area contributed by atoms with Gasteiger partial charge in [-0.3, -0.25) is 0 Å². The van der Waals surface area contributed by atoms with E-state index >= 15 is 0 Å². The van der Waals surface area contributed by atoms with Crippen molar-refractivity contribution in [2.24, 2.45) is 5.73 Å². The van der Waals surface area contributed by atoms with E-state index in [4.69, 9.17) is 11.5 Å². The summed E-state index contributed by atoms with van der Waals surface area (Å²) in [5, 5.41) is 3.37. The standard InChI is InChI=1S/C14H19N5/c15-9-5-1-2-6-10(9)18-14-13(16)17-11-7-3-4-8-12(11)19-14/h3-4,7-10H,1-2,5-6,15H2,(H2,16,17)(H,18,19)/t9-,10+/m0/s1. The lowest BCUT2D eigenvalue weighted by atomic mass is 9.91. The molecule has 2 atom stereocenters. The highest BCUT2D eigenvalue weighted by atomic mass is 15.1. The molecule has 5 N–H and O–H groups in total. The number of anilines is 2. The Morgan fingerprint density at radius 3 is 2.47 bits per heavy atom. The lowest BCUT2D eigenvalue weighted by molar-refractivity contribution is 0.403. The summed E-state index contributed by atoms with van der Waals surface area (Å²) in [7, 11) is 0. The molecule has 100 valence electrons. The number of hydrogen-bond donors (Lipinski definition) is 3. The molecular formula is C14H19N5. The smallest absolute Gasteiger partial charge is 0.169 e. The van der Waals surface area contributed by atoms with Crippen LogP contribution in [0.3, 0.4) is 0 Å². The van der Waals surface area contributed by atoms with E-state index in [1.54, 1.807) is 0 Å². The number of nitrogens with zero attached hydrogens (tertiary/aromatic N) is 2. The lowest BCUT2D eigenvalue weighted by Crippen LogP contribution is -2.42. The maximum absolute atomic E-state index is 6.14. The first-order chi connectivity index (χ1) is 9.24. The molecule has 0 amide bonds. The summed E-state index contributed by atoms with van der Waals surface area (Å²) in [5.74, 6) is 1.09. The average molecular weight is 257 g/mol. The van der Waals surface area contributed by atoms with Crippen LogP contribution in [0.25, 0.3) is 11.0 Å². The van der Waals surface area contributed by atoms with Gasteiger partial charge >= 0.3 is 0 Å². The largest absolute Gasteiger partial charge is 0.381 e. The van der Waals surface area contributed by atoms with Gasteiger partial charge in [-0.25, -0.2) is 9.97 Å². The maximum Gasteiger partial charge on any atom is 0.169 e. The predicted molar refractivity (Wildman–Crippen MR) is 77.8 cm³/mol. The van der Waals surface area contributed by atoms with Crippen LogP contribution in [0, 0.1) is 0 Å².